The molecule has 2 aromatic rings. The molecule has 31 heavy (non-hydrogen) atoms. The highest BCUT2D eigenvalue weighted by atomic mass is 35.5. The Morgan fingerprint density at radius 3 is 2.52 bits per heavy atom. The molecule has 8 heteroatoms. The number of carboxylic acids is 1. The van der Waals surface area contributed by atoms with Crippen LogP contribution in [0, 0.1) is 10.8 Å². The molecule has 4 N–H and O–H groups in total. The fourth-order valence-electron chi connectivity index (χ4n) is 2.65. The van der Waals surface area contributed by atoms with E-state index in [1.165, 1.54) is 11.8 Å². The molecule has 162 valence electrons. The lowest BCUT2D eigenvalue weighted by Crippen LogP contribution is -2.04. The number of thioether (sulfide) groups is 1. The minimum atomic E-state index is -0.877. The highest BCUT2D eigenvalue weighted by Gasteiger charge is 2.09. The molecule has 0 aliphatic carbocycles. The van der Waals surface area contributed by atoms with E-state index < -0.39 is 5.97 Å². The first kappa shape index (κ1) is 24.2. The van der Waals surface area contributed by atoms with Crippen LogP contribution in [0.4, 0.5) is 5.69 Å². The average molecular weight is 458 g/mol. The lowest BCUT2D eigenvalue weighted by atomic mass is 10.0. The van der Waals surface area contributed by atoms with Gasteiger partial charge in [0.05, 0.1) is 18.6 Å². The van der Waals surface area contributed by atoms with E-state index in [2.05, 4.69) is 5.32 Å². The molecular formula is C23H24ClN3O3S. The number of carbonyl (C=O) groups is 1. The van der Waals surface area contributed by atoms with E-state index in [1.54, 1.807) is 38.3 Å². The first-order valence-electron chi connectivity index (χ1n) is 9.32. The topological polar surface area (TPSA) is 106 Å². The average Bonchev–Trinajstić information content (AvgIpc) is 2.73. The van der Waals surface area contributed by atoms with Crippen molar-refractivity contribution >= 4 is 46.4 Å². The van der Waals surface area contributed by atoms with Crippen molar-refractivity contribution in [3.63, 3.8) is 0 Å². The molecule has 0 radical (unpaired) electrons. The lowest BCUT2D eigenvalue weighted by Gasteiger charge is -2.11. The number of para-hydroxylation sites is 1. The van der Waals surface area contributed by atoms with E-state index in [0.29, 0.717) is 27.8 Å². The first-order chi connectivity index (χ1) is 14.8. The van der Waals surface area contributed by atoms with Crippen LogP contribution in [0.5, 0.6) is 5.75 Å². The number of hydrogen-bond acceptors (Lipinski definition) is 6. The lowest BCUT2D eigenvalue weighted by molar-refractivity contribution is -0.133. The summed E-state index contributed by atoms with van der Waals surface area (Å²) < 4.78 is 5.34. The van der Waals surface area contributed by atoms with E-state index in [4.69, 9.17) is 32.3 Å². The van der Waals surface area contributed by atoms with Crippen LogP contribution in [0.1, 0.15) is 18.1 Å². The number of carboxylic acid groups (broad SMARTS) is 1. The van der Waals surface area contributed by atoms with Gasteiger partial charge >= 0.3 is 5.97 Å². The Labute approximate surface area is 191 Å². The van der Waals surface area contributed by atoms with Crippen LogP contribution in [0.25, 0.3) is 0 Å². The van der Waals surface area contributed by atoms with Crippen LogP contribution in [-0.4, -0.2) is 35.4 Å². The summed E-state index contributed by atoms with van der Waals surface area (Å²) >= 11 is 7.65. The molecule has 0 fully saturated rings. The predicted octanol–water partition coefficient (Wildman–Crippen LogP) is 5.54. The highest BCUT2D eigenvalue weighted by molar-refractivity contribution is 7.99. The maximum Gasteiger partial charge on any atom is 0.313 e. The molecule has 0 unspecified atom stereocenters. The fourth-order valence-corrected chi connectivity index (χ4v) is 3.68. The maximum absolute atomic E-state index is 10.8. The van der Waals surface area contributed by atoms with Gasteiger partial charge < -0.3 is 26.0 Å². The monoisotopic (exact) mass is 457 g/mol. The molecule has 0 amide bonds. The second-order valence-corrected chi connectivity index (χ2v) is 7.87. The molecule has 0 spiro atoms. The smallest absolute Gasteiger partial charge is 0.313 e. The van der Waals surface area contributed by atoms with Crippen LogP contribution in [0.15, 0.2) is 71.4 Å². The summed E-state index contributed by atoms with van der Waals surface area (Å²) in [5.41, 5.74) is 3.23. The SMILES string of the molecule is COc1ccc(C(=N)/C=C/C(C(C)=N)=C(\Cl)Nc2ccccc2)cc1CSCC(=O)O. The molecule has 0 aromatic heterocycles. The largest absolute Gasteiger partial charge is 0.496 e. The zero-order chi connectivity index (χ0) is 22.8. The van der Waals surface area contributed by atoms with Gasteiger partial charge in [0, 0.05) is 28.3 Å². The minimum absolute atomic E-state index is 0.00951. The van der Waals surface area contributed by atoms with Crippen molar-refractivity contribution < 1.29 is 14.6 Å². The van der Waals surface area contributed by atoms with Gasteiger partial charge in [0.25, 0.3) is 0 Å². The molecule has 2 aromatic carbocycles. The Hall–Kier alpha value is -3.03. The summed E-state index contributed by atoms with van der Waals surface area (Å²) in [5, 5.41) is 28.6. The quantitative estimate of drug-likeness (QED) is 0.201. The van der Waals surface area contributed by atoms with Crippen molar-refractivity contribution in [2.45, 2.75) is 12.7 Å². The molecule has 0 atom stereocenters. The van der Waals surface area contributed by atoms with Crippen molar-refractivity contribution in [3.05, 3.63) is 82.5 Å². The Bertz CT molecular complexity index is 1020. The number of benzene rings is 2. The first-order valence-corrected chi connectivity index (χ1v) is 10.9. The zero-order valence-corrected chi connectivity index (χ0v) is 18.8. The Kier molecular flexibility index (Phi) is 9.37. The third-order valence-corrected chi connectivity index (χ3v) is 5.42. The van der Waals surface area contributed by atoms with Crippen molar-refractivity contribution in [1.29, 1.82) is 10.8 Å². The molecule has 0 aliphatic rings. The van der Waals surface area contributed by atoms with Gasteiger partial charge in [0.1, 0.15) is 10.9 Å². The highest BCUT2D eigenvalue weighted by Crippen LogP contribution is 2.25. The number of methoxy groups -OCH3 is 1. The van der Waals surface area contributed by atoms with E-state index in [9.17, 15) is 4.79 Å². The third-order valence-electron chi connectivity index (χ3n) is 4.16. The van der Waals surface area contributed by atoms with Crippen LogP contribution in [0.2, 0.25) is 0 Å². The normalized spacial score (nSPS) is 11.7. The molecule has 6 nitrogen and oxygen atoms in total. The summed E-state index contributed by atoms with van der Waals surface area (Å²) in [4.78, 5) is 10.8. The predicted molar refractivity (Wildman–Crippen MR) is 129 cm³/mol. The van der Waals surface area contributed by atoms with Gasteiger partial charge in [-0.15, -0.1) is 11.8 Å². The number of allylic oxidation sites excluding steroid dienone is 3. The molecule has 0 saturated carbocycles. The number of aliphatic carboxylic acids is 1. The van der Waals surface area contributed by atoms with Gasteiger partial charge in [0.2, 0.25) is 0 Å². The van der Waals surface area contributed by atoms with E-state index in [1.807, 2.05) is 36.4 Å². The number of hydrogen-bond donors (Lipinski definition) is 4. The second kappa shape index (κ2) is 12.0. The van der Waals surface area contributed by atoms with E-state index in [0.717, 1.165) is 11.3 Å². The summed E-state index contributed by atoms with van der Waals surface area (Å²) in [6.07, 6.45) is 3.21. The van der Waals surface area contributed by atoms with Crippen LogP contribution in [-0.2, 0) is 10.5 Å². The van der Waals surface area contributed by atoms with Gasteiger partial charge in [0.15, 0.2) is 0 Å². The molecule has 0 bridgehead atoms. The van der Waals surface area contributed by atoms with Crippen molar-refractivity contribution in [3.8, 4) is 5.75 Å². The Morgan fingerprint density at radius 1 is 1.19 bits per heavy atom. The molecular weight excluding hydrogens is 434 g/mol. The summed E-state index contributed by atoms with van der Waals surface area (Å²) in [5.74, 6) is 0.213. The van der Waals surface area contributed by atoms with Gasteiger partial charge in [-0.1, -0.05) is 29.8 Å². The fraction of sp³-hybridized carbons (Fsp3) is 0.174. The summed E-state index contributed by atoms with van der Waals surface area (Å²) in [6, 6.07) is 14.7. The standard InChI is InChI=1S/C23H24ClN3O3S/c1-15(25)19(23(24)27-18-6-4-3-5-7-18)9-10-20(26)16-8-11-21(30-2)17(12-16)13-31-14-22(28)29/h3-12,25-27H,13-14H2,1-2H3,(H,28,29)/b10-9+,23-19-,25-15?,26-20?. The van der Waals surface area contributed by atoms with Crippen molar-refractivity contribution in [2.75, 3.05) is 18.2 Å². The third kappa shape index (κ3) is 7.62. The molecule has 0 aliphatic heterocycles. The summed E-state index contributed by atoms with van der Waals surface area (Å²) in [6.45, 7) is 1.63. The second-order valence-electron chi connectivity index (χ2n) is 6.50. The molecule has 2 rings (SSSR count). The van der Waals surface area contributed by atoms with Gasteiger partial charge in [-0.3, -0.25) is 4.79 Å². The maximum atomic E-state index is 10.8. The minimum Gasteiger partial charge on any atom is -0.496 e. The van der Waals surface area contributed by atoms with Crippen LogP contribution in [0.3, 0.4) is 0 Å². The van der Waals surface area contributed by atoms with Crippen LogP contribution < -0.4 is 10.1 Å². The van der Waals surface area contributed by atoms with Crippen molar-refractivity contribution in [2.24, 2.45) is 0 Å². The number of rotatable bonds is 11. The molecule has 0 heterocycles. The van der Waals surface area contributed by atoms with Crippen molar-refractivity contribution in [1.82, 2.24) is 0 Å². The van der Waals surface area contributed by atoms with E-state index in [-0.39, 0.29) is 17.2 Å². The van der Waals surface area contributed by atoms with E-state index >= 15 is 0 Å². The zero-order valence-electron chi connectivity index (χ0n) is 17.2. The molecule has 0 saturated heterocycles. The number of ether oxygens (including phenoxy) is 1. The Balaban J connectivity index is 2.21. The number of halogens is 1. The van der Waals surface area contributed by atoms with Gasteiger partial charge in [-0.05, 0) is 55.0 Å². The van der Waals surface area contributed by atoms with Gasteiger partial charge in [-0.25, -0.2) is 0 Å². The van der Waals surface area contributed by atoms with Gasteiger partial charge in [-0.2, -0.15) is 0 Å². The van der Waals surface area contributed by atoms with Crippen LogP contribution >= 0.6 is 23.4 Å². The number of anilines is 1. The summed E-state index contributed by atoms with van der Waals surface area (Å²) in [7, 11) is 1.55. The Morgan fingerprint density at radius 2 is 1.90 bits per heavy atom. The number of nitrogens with one attached hydrogen (secondary N) is 3.